The quantitative estimate of drug-likeness (QED) is 0.876. The molecule has 6 heteroatoms. The second-order valence-corrected chi connectivity index (χ2v) is 3.76. The predicted octanol–water partition coefficient (Wildman–Crippen LogP) is 1.80. The molecule has 19 heavy (non-hydrogen) atoms. The molecule has 1 amide bonds. The van der Waals surface area contributed by atoms with Crippen molar-refractivity contribution in [1.29, 1.82) is 5.26 Å². The fourth-order valence-corrected chi connectivity index (χ4v) is 1.61. The van der Waals surface area contributed by atoms with Crippen molar-refractivity contribution < 1.29 is 9.53 Å². The summed E-state index contributed by atoms with van der Waals surface area (Å²) in [6.07, 6.45) is 2.81. The van der Waals surface area contributed by atoms with E-state index in [9.17, 15) is 4.79 Å². The van der Waals surface area contributed by atoms with Crippen LogP contribution >= 0.6 is 0 Å². The van der Waals surface area contributed by atoms with Crippen molar-refractivity contribution in [2.75, 3.05) is 7.05 Å². The summed E-state index contributed by atoms with van der Waals surface area (Å²) in [4.78, 5) is 18.0. The molecule has 2 heterocycles. The van der Waals surface area contributed by atoms with Crippen molar-refractivity contribution >= 4 is 6.09 Å². The number of nitriles is 1. The third-order valence-electron chi connectivity index (χ3n) is 2.52. The zero-order chi connectivity index (χ0) is 13.7. The van der Waals surface area contributed by atoms with Crippen LogP contribution in [0.3, 0.4) is 0 Å². The van der Waals surface area contributed by atoms with Crippen LogP contribution in [0.4, 0.5) is 4.79 Å². The summed E-state index contributed by atoms with van der Waals surface area (Å²) in [5, 5.41) is 11.4. The van der Waals surface area contributed by atoms with Gasteiger partial charge in [-0.05, 0) is 18.2 Å². The standard InChI is InChI=1S/C13H12N4O2/c1-15-13(18)19-8-9-5-11(17-7-9)10-3-2-4-16-12(10)6-14/h2-5,7,17H,8H2,1H3,(H,15,18). The molecule has 0 spiro atoms. The second kappa shape index (κ2) is 5.69. The second-order valence-electron chi connectivity index (χ2n) is 3.76. The van der Waals surface area contributed by atoms with Crippen LogP contribution in [0.2, 0.25) is 0 Å². The van der Waals surface area contributed by atoms with Gasteiger partial charge in [0, 0.05) is 36.3 Å². The third-order valence-corrected chi connectivity index (χ3v) is 2.52. The van der Waals surface area contributed by atoms with Gasteiger partial charge in [-0.3, -0.25) is 0 Å². The molecule has 0 saturated carbocycles. The number of nitrogens with one attached hydrogen (secondary N) is 2. The Kier molecular flexibility index (Phi) is 3.78. The Morgan fingerprint density at radius 1 is 1.63 bits per heavy atom. The Bertz CT molecular complexity index is 628. The fourth-order valence-electron chi connectivity index (χ4n) is 1.61. The smallest absolute Gasteiger partial charge is 0.407 e. The highest BCUT2D eigenvalue weighted by molar-refractivity contribution is 5.67. The number of hydrogen-bond acceptors (Lipinski definition) is 4. The Hall–Kier alpha value is -2.81. The highest BCUT2D eigenvalue weighted by Crippen LogP contribution is 2.21. The van der Waals surface area contributed by atoms with Crippen molar-refractivity contribution in [3.8, 4) is 17.3 Å². The molecular formula is C13H12N4O2. The molecule has 0 aliphatic rings. The molecule has 2 rings (SSSR count). The summed E-state index contributed by atoms with van der Waals surface area (Å²) < 4.78 is 4.93. The van der Waals surface area contributed by atoms with Gasteiger partial charge >= 0.3 is 6.09 Å². The number of amides is 1. The first-order valence-corrected chi connectivity index (χ1v) is 5.62. The van der Waals surface area contributed by atoms with Crippen molar-refractivity contribution in [3.05, 3.63) is 41.9 Å². The van der Waals surface area contributed by atoms with Crippen molar-refractivity contribution in [2.24, 2.45) is 0 Å². The fraction of sp³-hybridized carbons (Fsp3) is 0.154. The van der Waals surface area contributed by atoms with E-state index in [2.05, 4.69) is 15.3 Å². The first-order chi connectivity index (χ1) is 9.24. The molecule has 2 N–H and O–H groups in total. The van der Waals surface area contributed by atoms with E-state index >= 15 is 0 Å². The molecule has 96 valence electrons. The maximum absolute atomic E-state index is 11.0. The molecular weight excluding hydrogens is 244 g/mol. The average Bonchev–Trinajstić information content (AvgIpc) is 2.93. The molecule has 0 fully saturated rings. The number of alkyl carbamates (subject to hydrolysis) is 1. The number of hydrogen-bond donors (Lipinski definition) is 2. The zero-order valence-corrected chi connectivity index (χ0v) is 10.3. The average molecular weight is 256 g/mol. The van der Waals surface area contributed by atoms with E-state index in [0.29, 0.717) is 5.69 Å². The number of H-pyrrole nitrogens is 1. The number of aromatic amines is 1. The summed E-state index contributed by atoms with van der Waals surface area (Å²) >= 11 is 0. The van der Waals surface area contributed by atoms with Crippen LogP contribution < -0.4 is 5.32 Å². The summed E-state index contributed by atoms with van der Waals surface area (Å²) in [7, 11) is 1.50. The van der Waals surface area contributed by atoms with Crippen LogP contribution in [0.5, 0.6) is 0 Å². The predicted molar refractivity (Wildman–Crippen MR) is 68.0 cm³/mol. The highest BCUT2D eigenvalue weighted by Gasteiger charge is 2.08. The number of carbonyl (C=O) groups is 1. The maximum atomic E-state index is 11.0. The zero-order valence-electron chi connectivity index (χ0n) is 10.3. The molecule has 2 aromatic rings. The number of carbonyl (C=O) groups excluding carboxylic acids is 1. The number of aromatic nitrogens is 2. The highest BCUT2D eigenvalue weighted by atomic mass is 16.5. The van der Waals surface area contributed by atoms with Gasteiger partial charge in [0.15, 0.2) is 0 Å². The lowest BCUT2D eigenvalue weighted by molar-refractivity contribution is 0.142. The monoisotopic (exact) mass is 256 g/mol. The van der Waals surface area contributed by atoms with Crippen LogP contribution in [0.1, 0.15) is 11.3 Å². The van der Waals surface area contributed by atoms with Crippen LogP contribution in [0.25, 0.3) is 11.3 Å². The normalized spacial score (nSPS) is 9.68. The van der Waals surface area contributed by atoms with Gasteiger partial charge in [-0.1, -0.05) is 0 Å². The number of rotatable bonds is 3. The molecule has 6 nitrogen and oxygen atoms in total. The van der Waals surface area contributed by atoms with Crippen LogP contribution in [-0.4, -0.2) is 23.1 Å². The van der Waals surface area contributed by atoms with Crippen molar-refractivity contribution in [3.63, 3.8) is 0 Å². The Morgan fingerprint density at radius 2 is 2.47 bits per heavy atom. The molecule has 0 atom stereocenters. The van der Waals surface area contributed by atoms with E-state index in [1.165, 1.54) is 7.05 Å². The first kappa shape index (κ1) is 12.6. The van der Waals surface area contributed by atoms with Crippen LogP contribution in [-0.2, 0) is 11.3 Å². The van der Waals surface area contributed by atoms with Gasteiger partial charge in [-0.25, -0.2) is 9.78 Å². The molecule has 2 aromatic heterocycles. The maximum Gasteiger partial charge on any atom is 0.407 e. The lowest BCUT2D eigenvalue weighted by atomic mass is 10.1. The molecule has 0 aromatic carbocycles. The largest absolute Gasteiger partial charge is 0.445 e. The van der Waals surface area contributed by atoms with Gasteiger partial charge in [-0.2, -0.15) is 5.26 Å². The number of pyridine rings is 1. The Morgan fingerprint density at radius 3 is 3.21 bits per heavy atom. The lowest BCUT2D eigenvalue weighted by Crippen LogP contribution is -2.18. The Balaban J connectivity index is 2.17. The molecule has 0 aliphatic heterocycles. The van der Waals surface area contributed by atoms with E-state index in [1.807, 2.05) is 12.1 Å². The van der Waals surface area contributed by atoms with Gasteiger partial charge in [-0.15, -0.1) is 0 Å². The van der Waals surface area contributed by atoms with Crippen LogP contribution in [0, 0.1) is 11.3 Å². The summed E-state index contributed by atoms with van der Waals surface area (Å²) in [6, 6.07) is 7.42. The van der Waals surface area contributed by atoms with Gasteiger partial charge in [0.2, 0.25) is 0 Å². The minimum absolute atomic E-state index is 0.165. The Labute approximate surface area is 110 Å². The first-order valence-electron chi connectivity index (χ1n) is 5.62. The molecule has 0 aliphatic carbocycles. The van der Waals surface area contributed by atoms with E-state index in [4.69, 9.17) is 10.00 Å². The molecule has 0 radical (unpaired) electrons. The summed E-state index contributed by atoms with van der Waals surface area (Å²) in [5.74, 6) is 0. The molecule has 0 bridgehead atoms. The molecule has 0 unspecified atom stereocenters. The van der Waals surface area contributed by atoms with Gasteiger partial charge in [0.25, 0.3) is 0 Å². The third kappa shape index (κ3) is 2.90. The van der Waals surface area contributed by atoms with Gasteiger partial charge in [0.1, 0.15) is 18.4 Å². The van der Waals surface area contributed by atoms with Crippen molar-refractivity contribution in [2.45, 2.75) is 6.61 Å². The van der Waals surface area contributed by atoms with E-state index < -0.39 is 6.09 Å². The minimum Gasteiger partial charge on any atom is -0.445 e. The summed E-state index contributed by atoms with van der Waals surface area (Å²) in [6.45, 7) is 0.165. The van der Waals surface area contributed by atoms with Crippen molar-refractivity contribution in [1.82, 2.24) is 15.3 Å². The molecule has 0 saturated heterocycles. The summed E-state index contributed by atoms with van der Waals surface area (Å²) in [5.41, 5.74) is 2.64. The van der Waals surface area contributed by atoms with Gasteiger partial charge < -0.3 is 15.0 Å². The number of nitrogens with zero attached hydrogens (tertiary/aromatic N) is 2. The topological polar surface area (TPSA) is 90.8 Å². The van der Waals surface area contributed by atoms with Crippen LogP contribution in [0.15, 0.2) is 30.6 Å². The SMILES string of the molecule is CNC(=O)OCc1c[nH]c(-c2cccnc2C#N)c1. The van der Waals surface area contributed by atoms with E-state index in [1.54, 1.807) is 24.5 Å². The lowest BCUT2D eigenvalue weighted by Gasteiger charge is -2.01. The minimum atomic E-state index is -0.484. The van der Waals surface area contributed by atoms with E-state index in [-0.39, 0.29) is 6.61 Å². The van der Waals surface area contributed by atoms with E-state index in [0.717, 1.165) is 16.8 Å². The number of ether oxygens (including phenoxy) is 1. The van der Waals surface area contributed by atoms with Gasteiger partial charge in [0.05, 0.1) is 0 Å².